The molecule has 0 bridgehead atoms. The molecule has 112 valence electrons. The summed E-state index contributed by atoms with van der Waals surface area (Å²) >= 11 is 9.88. The zero-order valence-electron chi connectivity index (χ0n) is 10.6. The van der Waals surface area contributed by atoms with Crippen LogP contribution in [-0.2, 0) is 10.0 Å². The number of carbonyl (C=O) groups is 1. The molecule has 0 atom stereocenters. The first kappa shape index (κ1) is 16.3. The summed E-state index contributed by atoms with van der Waals surface area (Å²) in [5, 5.41) is 11.0. The third kappa shape index (κ3) is 3.39. The standard InChI is InChI=1S/C12H9BrClNO4S2/c1-6-5-20-10(12(16)17)11(6)21(18,19)15-9-3-2-7(14)4-8(9)13/h2-5,15H,1H3,(H,16,17). The highest BCUT2D eigenvalue weighted by Gasteiger charge is 2.27. The number of benzene rings is 1. The van der Waals surface area contributed by atoms with Gasteiger partial charge < -0.3 is 5.11 Å². The van der Waals surface area contributed by atoms with Gasteiger partial charge in [0.15, 0.2) is 0 Å². The Morgan fingerprint density at radius 3 is 2.67 bits per heavy atom. The van der Waals surface area contributed by atoms with Crippen LogP contribution in [0.1, 0.15) is 15.2 Å². The van der Waals surface area contributed by atoms with E-state index in [-0.39, 0.29) is 15.5 Å². The predicted molar refractivity (Wildman–Crippen MR) is 86.0 cm³/mol. The van der Waals surface area contributed by atoms with Crippen molar-refractivity contribution in [1.29, 1.82) is 0 Å². The molecular formula is C12H9BrClNO4S2. The molecule has 0 fully saturated rings. The van der Waals surface area contributed by atoms with E-state index in [1.165, 1.54) is 23.6 Å². The smallest absolute Gasteiger partial charge is 0.347 e. The van der Waals surface area contributed by atoms with Crippen molar-refractivity contribution in [1.82, 2.24) is 0 Å². The molecule has 2 N–H and O–H groups in total. The predicted octanol–water partition coefficient (Wildman–Crippen LogP) is 3.97. The monoisotopic (exact) mass is 409 g/mol. The molecule has 9 heteroatoms. The van der Waals surface area contributed by atoms with E-state index >= 15 is 0 Å². The second kappa shape index (κ2) is 5.96. The summed E-state index contributed by atoms with van der Waals surface area (Å²) in [4.78, 5) is 10.7. The topological polar surface area (TPSA) is 83.5 Å². The zero-order valence-corrected chi connectivity index (χ0v) is 14.5. The van der Waals surface area contributed by atoms with Gasteiger partial charge in [0, 0.05) is 9.50 Å². The maximum atomic E-state index is 12.4. The quantitative estimate of drug-likeness (QED) is 0.799. The molecule has 0 aliphatic rings. The van der Waals surface area contributed by atoms with Crippen LogP contribution in [0, 0.1) is 6.92 Å². The normalized spacial score (nSPS) is 11.4. The van der Waals surface area contributed by atoms with E-state index in [2.05, 4.69) is 20.7 Å². The van der Waals surface area contributed by atoms with Crippen molar-refractivity contribution < 1.29 is 18.3 Å². The Morgan fingerprint density at radius 1 is 1.43 bits per heavy atom. The molecule has 2 rings (SSSR count). The number of rotatable bonds is 4. The van der Waals surface area contributed by atoms with Crippen LogP contribution in [0.5, 0.6) is 0 Å². The van der Waals surface area contributed by atoms with Crippen molar-refractivity contribution >= 4 is 60.5 Å². The Labute approximate surface area is 138 Å². The first-order chi connectivity index (χ1) is 9.72. The molecule has 21 heavy (non-hydrogen) atoms. The fourth-order valence-corrected chi connectivity index (χ4v) is 5.31. The van der Waals surface area contributed by atoms with Crippen LogP contribution in [0.4, 0.5) is 5.69 Å². The number of aromatic carboxylic acids is 1. The lowest BCUT2D eigenvalue weighted by Gasteiger charge is -2.10. The van der Waals surface area contributed by atoms with Crippen molar-refractivity contribution in [3.8, 4) is 0 Å². The van der Waals surface area contributed by atoms with E-state index in [0.29, 0.717) is 15.1 Å². The van der Waals surface area contributed by atoms with Gasteiger partial charge in [-0.15, -0.1) is 11.3 Å². The summed E-state index contributed by atoms with van der Waals surface area (Å²) in [5.74, 6) is -1.27. The molecule has 1 aromatic carbocycles. The summed E-state index contributed by atoms with van der Waals surface area (Å²) in [6.45, 7) is 1.55. The molecule has 1 heterocycles. The number of anilines is 1. The molecule has 5 nitrogen and oxygen atoms in total. The van der Waals surface area contributed by atoms with Gasteiger partial charge in [-0.1, -0.05) is 11.6 Å². The highest BCUT2D eigenvalue weighted by Crippen LogP contribution is 2.32. The van der Waals surface area contributed by atoms with Crippen LogP contribution in [0.25, 0.3) is 0 Å². The third-order valence-corrected chi connectivity index (χ3v) is 6.21. The second-order valence-corrected chi connectivity index (χ2v) is 7.90. The van der Waals surface area contributed by atoms with Gasteiger partial charge in [0.1, 0.15) is 9.77 Å². The molecule has 0 aliphatic heterocycles. The van der Waals surface area contributed by atoms with Gasteiger partial charge in [-0.05, 0) is 52.0 Å². The summed E-state index contributed by atoms with van der Waals surface area (Å²) in [7, 11) is -4.01. The third-order valence-electron chi connectivity index (χ3n) is 2.56. The number of thiophene rings is 1. The maximum Gasteiger partial charge on any atom is 0.347 e. The van der Waals surface area contributed by atoms with E-state index in [4.69, 9.17) is 16.7 Å². The number of hydrogen-bond acceptors (Lipinski definition) is 4. The molecule has 2 aromatic rings. The fourth-order valence-electron chi connectivity index (χ4n) is 1.68. The number of halogens is 2. The first-order valence-corrected chi connectivity index (χ1v) is 9.05. The lowest BCUT2D eigenvalue weighted by molar-refractivity contribution is 0.0698. The lowest BCUT2D eigenvalue weighted by atomic mass is 10.3. The number of aryl methyl sites for hydroxylation is 1. The van der Waals surface area contributed by atoms with E-state index in [1.807, 2.05) is 0 Å². The highest BCUT2D eigenvalue weighted by molar-refractivity contribution is 9.10. The molecule has 0 amide bonds. The molecule has 0 radical (unpaired) electrons. The number of carboxylic acids is 1. The molecular weight excluding hydrogens is 402 g/mol. The molecule has 0 saturated carbocycles. The Kier molecular flexibility index (Phi) is 4.62. The van der Waals surface area contributed by atoms with Crippen molar-refractivity contribution in [3.05, 3.63) is 43.5 Å². The summed E-state index contributed by atoms with van der Waals surface area (Å²) in [5.41, 5.74) is 0.663. The second-order valence-electron chi connectivity index (χ2n) is 4.11. The van der Waals surface area contributed by atoms with Gasteiger partial charge in [-0.2, -0.15) is 0 Å². The van der Waals surface area contributed by atoms with Crippen molar-refractivity contribution in [2.75, 3.05) is 4.72 Å². The van der Waals surface area contributed by atoms with Crippen molar-refractivity contribution in [3.63, 3.8) is 0 Å². The maximum absolute atomic E-state index is 12.4. The number of carboxylic acid groups (broad SMARTS) is 1. The number of nitrogens with one attached hydrogen (secondary N) is 1. The Balaban J connectivity index is 2.48. The molecule has 0 spiro atoms. The van der Waals surface area contributed by atoms with Gasteiger partial charge in [0.05, 0.1) is 5.69 Å². The lowest BCUT2D eigenvalue weighted by Crippen LogP contribution is -2.16. The van der Waals surface area contributed by atoms with Gasteiger partial charge >= 0.3 is 5.97 Å². The van der Waals surface area contributed by atoms with Crippen LogP contribution in [-0.4, -0.2) is 19.5 Å². The fraction of sp³-hybridized carbons (Fsp3) is 0.0833. The van der Waals surface area contributed by atoms with Gasteiger partial charge in [-0.25, -0.2) is 13.2 Å². The minimum atomic E-state index is -4.01. The van der Waals surface area contributed by atoms with Crippen LogP contribution in [0.3, 0.4) is 0 Å². The molecule has 0 saturated heterocycles. The first-order valence-electron chi connectivity index (χ1n) is 5.51. The van der Waals surface area contributed by atoms with Crippen molar-refractivity contribution in [2.45, 2.75) is 11.8 Å². The average molecular weight is 411 g/mol. The number of hydrogen-bond donors (Lipinski definition) is 2. The minimum absolute atomic E-state index is 0.218. The van der Waals surface area contributed by atoms with E-state index < -0.39 is 16.0 Å². The Bertz CT molecular complexity index is 817. The van der Waals surface area contributed by atoms with Gasteiger partial charge in [0.25, 0.3) is 10.0 Å². The van der Waals surface area contributed by atoms with Gasteiger partial charge in [-0.3, -0.25) is 4.72 Å². The number of sulfonamides is 1. The average Bonchev–Trinajstić information content (AvgIpc) is 2.76. The van der Waals surface area contributed by atoms with E-state index in [0.717, 1.165) is 11.3 Å². The molecule has 0 unspecified atom stereocenters. The molecule has 1 aromatic heterocycles. The summed E-state index contributed by atoms with van der Waals surface area (Å²) < 4.78 is 27.7. The SMILES string of the molecule is Cc1csc(C(=O)O)c1S(=O)(=O)Nc1ccc(Cl)cc1Br. The Morgan fingerprint density at radius 2 is 2.10 bits per heavy atom. The Hall–Kier alpha value is -1.09. The van der Waals surface area contributed by atoms with Crippen LogP contribution in [0.15, 0.2) is 32.9 Å². The minimum Gasteiger partial charge on any atom is -0.477 e. The summed E-state index contributed by atoms with van der Waals surface area (Å²) in [6, 6.07) is 4.56. The van der Waals surface area contributed by atoms with E-state index in [9.17, 15) is 13.2 Å². The van der Waals surface area contributed by atoms with Crippen LogP contribution in [0.2, 0.25) is 5.02 Å². The largest absolute Gasteiger partial charge is 0.477 e. The van der Waals surface area contributed by atoms with Gasteiger partial charge in [0.2, 0.25) is 0 Å². The van der Waals surface area contributed by atoms with Crippen LogP contribution < -0.4 is 4.72 Å². The molecule has 0 aliphatic carbocycles. The van der Waals surface area contributed by atoms with E-state index in [1.54, 1.807) is 6.92 Å². The zero-order chi connectivity index (χ0) is 15.8. The van der Waals surface area contributed by atoms with Crippen molar-refractivity contribution in [2.24, 2.45) is 0 Å². The summed E-state index contributed by atoms with van der Waals surface area (Å²) in [6.07, 6.45) is 0. The highest BCUT2D eigenvalue weighted by atomic mass is 79.9. The van der Waals surface area contributed by atoms with Crippen LogP contribution >= 0.6 is 38.9 Å².